The molecule has 3 heteroatoms. The summed E-state index contributed by atoms with van der Waals surface area (Å²) >= 11 is 0. The third-order valence-electron chi connectivity index (χ3n) is 12.2. The van der Waals surface area contributed by atoms with Crippen LogP contribution in [-0.2, 0) is 10.8 Å². The molecule has 8 aromatic carbocycles. The summed E-state index contributed by atoms with van der Waals surface area (Å²) in [7, 11) is 0. The van der Waals surface area contributed by atoms with E-state index in [1.54, 1.807) is 0 Å². The standard InChI is InChI=1S/C55H42N2O/c1-36(37-17-5-4-6-18-37)57-50(42-32-31-38-19-7-8-20-39(38)33-42)35-49(56)41-22-15-21-40(34-41)43-23-16-28-48-53(43)54(2,3)44-24-9-10-25-45(44)55(48)46-26-11-13-29-51(46)58-52-30-14-12-27-47(52)55/h4-35,56H,1-3H3/b50-35-,56-49?,57-36?. The van der Waals surface area contributed by atoms with Crippen molar-refractivity contribution in [3.63, 3.8) is 0 Å². The summed E-state index contributed by atoms with van der Waals surface area (Å²) in [6.45, 7) is 6.75. The molecule has 0 unspecified atom stereocenters. The molecule has 58 heavy (non-hydrogen) atoms. The molecular formula is C55H42N2O. The van der Waals surface area contributed by atoms with Crippen molar-refractivity contribution in [1.29, 1.82) is 5.41 Å². The van der Waals surface area contributed by atoms with Crippen LogP contribution in [0.3, 0.4) is 0 Å². The summed E-state index contributed by atoms with van der Waals surface area (Å²) in [4.78, 5) is 5.18. The van der Waals surface area contributed by atoms with E-state index in [9.17, 15) is 5.41 Å². The Balaban J connectivity index is 1.15. The van der Waals surface area contributed by atoms with E-state index in [4.69, 9.17) is 9.73 Å². The third kappa shape index (κ3) is 5.57. The van der Waals surface area contributed by atoms with Gasteiger partial charge in [0.25, 0.3) is 0 Å². The number of nitrogens with one attached hydrogen (secondary N) is 1. The van der Waals surface area contributed by atoms with Gasteiger partial charge in [0.05, 0.1) is 16.8 Å². The quantitative estimate of drug-likeness (QED) is 0.169. The van der Waals surface area contributed by atoms with E-state index in [0.29, 0.717) is 5.71 Å². The zero-order valence-electron chi connectivity index (χ0n) is 32.8. The minimum Gasteiger partial charge on any atom is -0.457 e. The van der Waals surface area contributed by atoms with Crippen molar-refractivity contribution in [2.75, 3.05) is 0 Å². The maximum absolute atomic E-state index is 9.60. The molecule has 10 rings (SSSR count). The summed E-state index contributed by atoms with van der Waals surface area (Å²) in [6.07, 6.45) is 1.92. The summed E-state index contributed by atoms with van der Waals surface area (Å²) in [5, 5.41) is 11.9. The Kier molecular flexibility index (Phi) is 8.42. The summed E-state index contributed by atoms with van der Waals surface area (Å²) in [5.74, 6) is 1.75. The topological polar surface area (TPSA) is 45.4 Å². The van der Waals surface area contributed by atoms with Crippen molar-refractivity contribution in [2.24, 2.45) is 4.99 Å². The summed E-state index contributed by atoms with van der Waals surface area (Å²) in [5.41, 5.74) is 13.5. The molecule has 1 N–H and O–H groups in total. The van der Waals surface area contributed by atoms with Crippen LogP contribution in [0.4, 0.5) is 0 Å². The molecule has 3 nitrogen and oxygen atoms in total. The second-order valence-electron chi connectivity index (χ2n) is 15.9. The van der Waals surface area contributed by atoms with Crippen molar-refractivity contribution in [3.05, 3.63) is 244 Å². The Bertz CT molecular complexity index is 2940. The van der Waals surface area contributed by atoms with E-state index in [2.05, 4.69) is 178 Å². The van der Waals surface area contributed by atoms with E-state index in [1.807, 2.05) is 37.3 Å². The molecule has 0 saturated heterocycles. The van der Waals surface area contributed by atoms with Crippen LogP contribution >= 0.6 is 0 Å². The van der Waals surface area contributed by atoms with Crippen LogP contribution in [0.1, 0.15) is 70.8 Å². The Hall–Kier alpha value is -7.10. The van der Waals surface area contributed by atoms with Crippen LogP contribution in [-0.4, -0.2) is 11.4 Å². The van der Waals surface area contributed by atoms with E-state index in [0.717, 1.165) is 67.2 Å². The van der Waals surface area contributed by atoms with Gasteiger partial charge in [-0.05, 0) is 87.0 Å². The lowest BCUT2D eigenvalue weighted by Crippen LogP contribution is -2.43. The Morgan fingerprint density at radius 1 is 0.517 bits per heavy atom. The molecule has 1 spiro atoms. The maximum Gasteiger partial charge on any atom is 0.132 e. The number of aliphatic imine (C=N–C) groups is 1. The van der Waals surface area contributed by atoms with Crippen molar-refractivity contribution in [1.82, 2.24) is 0 Å². The normalized spacial score (nSPS) is 14.8. The predicted octanol–water partition coefficient (Wildman–Crippen LogP) is 13.6. The molecule has 278 valence electrons. The molecule has 0 amide bonds. The molecule has 1 aliphatic heterocycles. The van der Waals surface area contributed by atoms with Gasteiger partial charge in [0.2, 0.25) is 0 Å². The van der Waals surface area contributed by atoms with Crippen molar-refractivity contribution < 1.29 is 4.74 Å². The fourth-order valence-corrected chi connectivity index (χ4v) is 9.52. The highest BCUT2D eigenvalue weighted by Crippen LogP contribution is 2.62. The number of hydrogen-bond donors (Lipinski definition) is 1. The summed E-state index contributed by atoms with van der Waals surface area (Å²) in [6, 6.07) is 66.3. The smallest absolute Gasteiger partial charge is 0.132 e. The van der Waals surface area contributed by atoms with Crippen LogP contribution in [0, 0.1) is 5.41 Å². The molecule has 0 radical (unpaired) electrons. The van der Waals surface area contributed by atoms with Gasteiger partial charge in [-0.25, -0.2) is 0 Å². The highest BCUT2D eigenvalue weighted by molar-refractivity contribution is 6.12. The van der Waals surface area contributed by atoms with E-state index < -0.39 is 5.41 Å². The Labute approximate surface area is 340 Å². The van der Waals surface area contributed by atoms with Crippen LogP contribution in [0.2, 0.25) is 0 Å². The summed E-state index contributed by atoms with van der Waals surface area (Å²) < 4.78 is 6.64. The minimum atomic E-state index is -0.598. The third-order valence-corrected chi connectivity index (χ3v) is 12.2. The number of nitrogens with zero attached hydrogens (tertiary/aromatic N) is 1. The van der Waals surface area contributed by atoms with Crippen molar-refractivity contribution in [3.8, 4) is 22.6 Å². The first-order chi connectivity index (χ1) is 28.3. The molecular weight excluding hydrogens is 705 g/mol. The maximum atomic E-state index is 9.60. The van der Waals surface area contributed by atoms with Crippen LogP contribution in [0.15, 0.2) is 199 Å². The molecule has 1 aliphatic carbocycles. The Morgan fingerprint density at radius 2 is 1.10 bits per heavy atom. The first kappa shape index (κ1) is 35.3. The van der Waals surface area contributed by atoms with Gasteiger partial charge in [-0.15, -0.1) is 0 Å². The first-order valence-corrected chi connectivity index (χ1v) is 20.0. The number of rotatable bonds is 6. The molecule has 0 bridgehead atoms. The van der Waals surface area contributed by atoms with E-state index >= 15 is 0 Å². The highest BCUT2D eigenvalue weighted by atomic mass is 16.5. The average molecular weight is 747 g/mol. The number of ether oxygens (including phenoxy) is 1. The molecule has 2 aliphatic rings. The van der Waals surface area contributed by atoms with Gasteiger partial charge in [0, 0.05) is 33.4 Å². The van der Waals surface area contributed by atoms with Crippen molar-refractivity contribution >= 4 is 27.9 Å². The Morgan fingerprint density at radius 3 is 1.84 bits per heavy atom. The van der Waals surface area contributed by atoms with Crippen molar-refractivity contribution in [2.45, 2.75) is 31.6 Å². The molecule has 0 fully saturated rings. The van der Waals surface area contributed by atoms with E-state index in [1.165, 1.54) is 27.6 Å². The predicted molar refractivity (Wildman–Crippen MR) is 240 cm³/mol. The molecule has 8 aromatic rings. The van der Waals surface area contributed by atoms with E-state index in [-0.39, 0.29) is 5.41 Å². The number of allylic oxidation sites excluding steroid dienone is 1. The first-order valence-electron chi connectivity index (χ1n) is 20.0. The largest absolute Gasteiger partial charge is 0.457 e. The minimum absolute atomic E-state index is 0.341. The molecule has 1 heterocycles. The lowest BCUT2D eigenvalue weighted by Gasteiger charge is -2.50. The zero-order chi connectivity index (χ0) is 39.4. The van der Waals surface area contributed by atoms with Gasteiger partial charge in [-0.3, -0.25) is 4.99 Å². The zero-order valence-corrected chi connectivity index (χ0v) is 32.8. The highest BCUT2D eigenvalue weighted by Gasteiger charge is 2.53. The van der Waals surface area contributed by atoms with Gasteiger partial charge in [-0.2, -0.15) is 0 Å². The number of fused-ring (bicyclic) bond motifs is 9. The number of hydrogen-bond acceptors (Lipinski definition) is 3. The molecule has 0 saturated carbocycles. The monoisotopic (exact) mass is 746 g/mol. The fourth-order valence-electron chi connectivity index (χ4n) is 9.52. The van der Waals surface area contributed by atoms with Gasteiger partial charge < -0.3 is 10.1 Å². The van der Waals surface area contributed by atoms with Crippen LogP contribution < -0.4 is 4.74 Å². The lowest BCUT2D eigenvalue weighted by atomic mass is 9.53. The molecule has 0 atom stereocenters. The fraction of sp³-hybridized carbons (Fsp3) is 0.0909. The lowest BCUT2D eigenvalue weighted by molar-refractivity contribution is 0.425. The number of para-hydroxylation sites is 2. The average Bonchev–Trinajstić information content (AvgIpc) is 3.27. The number of benzene rings is 8. The second-order valence-corrected chi connectivity index (χ2v) is 15.9. The van der Waals surface area contributed by atoms with Gasteiger partial charge in [0.1, 0.15) is 11.5 Å². The van der Waals surface area contributed by atoms with Gasteiger partial charge in [0.15, 0.2) is 0 Å². The van der Waals surface area contributed by atoms with Crippen LogP contribution in [0.5, 0.6) is 11.5 Å². The second kappa shape index (κ2) is 13.8. The SMILES string of the molecule is CC(=N/C(=C\C(=N)c1cccc(-c2cccc3c2C(C)(C)c2ccccc2C32c3ccccc3Oc3ccccc32)c1)c1ccc2ccccc2c1)c1ccccc1. The van der Waals surface area contributed by atoms with Crippen LogP contribution in [0.25, 0.3) is 27.6 Å². The van der Waals surface area contributed by atoms with Gasteiger partial charge in [-0.1, -0.05) is 178 Å². The molecule has 0 aromatic heterocycles. The van der Waals surface area contributed by atoms with Gasteiger partial charge >= 0.3 is 0 Å².